The third kappa shape index (κ3) is 4.10. The second-order valence-corrected chi connectivity index (χ2v) is 5.98. The van der Waals surface area contributed by atoms with E-state index in [1.807, 2.05) is 0 Å². The second kappa shape index (κ2) is 6.55. The molecular formula is C9H9BrLiNO4S. The van der Waals surface area contributed by atoms with Crippen LogP contribution in [0.15, 0.2) is 21.6 Å². The Kier molecular flexibility index (Phi) is 6.41. The number of hydrogen-bond donors (Lipinski definition) is 0. The molecule has 0 aromatic carbocycles. The molecule has 0 unspecified atom stereocenters. The van der Waals surface area contributed by atoms with E-state index in [0.29, 0.717) is 6.42 Å². The largest absolute Gasteiger partial charge is 1.00 e. The average molecular weight is 314 g/mol. The summed E-state index contributed by atoms with van der Waals surface area (Å²) in [4.78, 5) is 14.1. The van der Waals surface area contributed by atoms with Crippen molar-refractivity contribution in [3.05, 3.63) is 22.4 Å². The van der Waals surface area contributed by atoms with E-state index in [1.165, 1.54) is 12.1 Å². The van der Waals surface area contributed by atoms with Gasteiger partial charge in [-0.25, -0.2) is 13.4 Å². The van der Waals surface area contributed by atoms with Crippen LogP contribution in [0.3, 0.4) is 0 Å². The number of halogens is 1. The van der Waals surface area contributed by atoms with Crippen LogP contribution in [0.2, 0.25) is 0 Å². The fourth-order valence-corrected chi connectivity index (χ4v) is 2.96. The van der Waals surface area contributed by atoms with E-state index in [9.17, 15) is 18.3 Å². The SMILES string of the molecule is CCCS(=O)(=O)c1ccc(Br)nc1C(=O)[O-].[Li+]. The summed E-state index contributed by atoms with van der Waals surface area (Å²) in [6, 6.07) is 2.60. The maximum absolute atomic E-state index is 11.7. The van der Waals surface area contributed by atoms with Crippen molar-refractivity contribution in [1.29, 1.82) is 0 Å². The van der Waals surface area contributed by atoms with Crippen LogP contribution in [-0.4, -0.2) is 25.1 Å². The van der Waals surface area contributed by atoms with Crippen LogP contribution in [-0.2, 0) is 9.84 Å². The predicted octanol–water partition coefficient (Wildman–Crippen LogP) is -2.60. The van der Waals surface area contributed by atoms with E-state index in [2.05, 4.69) is 20.9 Å². The first-order chi connectivity index (χ1) is 7.38. The molecule has 0 radical (unpaired) electrons. The summed E-state index contributed by atoms with van der Waals surface area (Å²) in [7, 11) is -3.61. The molecule has 0 N–H and O–H groups in total. The molecule has 5 nitrogen and oxygen atoms in total. The Balaban J connectivity index is 0.00000256. The molecule has 1 rings (SSSR count). The summed E-state index contributed by atoms with van der Waals surface area (Å²) in [6.45, 7) is 1.70. The van der Waals surface area contributed by atoms with Crippen molar-refractivity contribution in [2.45, 2.75) is 18.2 Å². The Hall–Kier alpha value is -0.353. The van der Waals surface area contributed by atoms with Gasteiger partial charge in [-0.3, -0.25) is 0 Å². The van der Waals surface area contributed by atoms with Crippen molar-refractivity contribution in [2.24, 2.45) is 0 Å². The summed E-state index contributed by atoms with van der Waals surface area (Å²) < 4.78 is 23.7. The zero-order valence-corrected chi connectivity index (χ0v) is 11.8. The van der Waals surface area contributed by atoms with Gasteiger partial charge in [-0.1, -0.05) is 6.92 Å². The molecule has 0 fully saturated rings. The molecule has 88 valence electrons. The minimum atomic E-state index is -3.61. The third-order valence-corrected chi connectivity index (χ3v) is 4.21. The number of carbonyl (C=O) groups is 1. The van der Waals surface area contributed by atoms with Crippen LogP contribution in [0.5, 0.6) is 0 Å². The van der Waals surface area contributed by atoms with Gasteiger partial charge in [0.05, 0.1) is 16.6 Å². The molecule has 1 heterocycles. The zero-order chi connectivity index (χ0) is 12.3. The molecular weight excluding hydrogens is 305 g/mol. The van der Waals surface area contributed by atoms with Gasteiger partial charge in [0.1, 0.15) is 10.3 Å². The smallest absolute Gasteiger partial charge is 0.543 e. The summed E-state index contributed by atoms with van der Waals surface area (Å²) in [6.07, 6.45) is 0.408. The third-order valence-electron chi connectivity index (χ3n) is 1.83. The predicted molar refractivity (Wildman–Crippen MR) is 58.6 cm³/mol. The first kappa shape index (κ1) is 16.6. The van der Waals surface area contributed by atoms with E-state index >= 15 is 0 Å². The summed E-state index contributed by atoms with van der Waals surface area (Å²) in [5, 5.41) is 10.8. The Morgan fingerprint density at radius 3 is 2.53 bits per heavy atom. The summed E-state index contributed by atoms with van der Waals surface area (Å²) >= 11 is 2.97. The van der Waals surface area contributed by atoms with Gasteiger partial charge in [0.15, 0.2) is 9.84 Å². The Morgan fingerprint density at radius 1 is 1.47 bits per heavy atom. The molecule has 0 atom stereocenters. The molecule has 0 saturated carbocycles. The molecule has 17 heavy (non-hydrogen) atoms. The van der Waals surface area contributed by atoms with E-state index in [1.54, 1.807) is 6.92 Å². The topological polar surface area (TPSA) is 87.2 Å². The molecule has 0 spiro atoms. The fourth-order valence-electron chi connectivity index (χ4n) is 1.20. The van der Waals surface area contributed by atoms with Gasteiger partial charge in [-0.15, -0.1) is 0 Å². The van der Waals surface area contributed by atoms with E-state index < -0.39 is 21.5 Å². The van der Waals surface area contributed by atoms with E-state index in [4.69, 9.17) is 0 Å². The number of hydrogen-bond acceptors (Lipinski definition) is 5. The number of aromatic nitrogens is 1. The van der Waals surface area contributed by atoms with Crippen molar-refractivity contribution in [3.8, 4) is 0 Å². The Labute approximate surface area is 120 Å². The summed E-state index contributed by atoms with van der Waals surface area (Å²) in [5.41, 5.74) is -0.553. The second-order valence-electron chi connectivity index (χ2n) is 3.09. The van der Waals surface area contributed by atoms with Crippen molar-refractivity contribution in [2.75, 3.05) is 5.75 Å². The van der Waals surface area contributed by atoms with Crippen LogP contribution < -0.4 is 24.0 Å². The monoisotopic (exact) mass is 313 g/mol. The first-order valence-electron chi connectivity index (χ1n) is 4.49. The maximum atomic E-state index is 11.7. The number of pyridine rings is 1. The van der Waals surface area contributed by atoms with Crippen molar-refractivity contribution in [3.63, 3.8) is 0 Å². The fraction of sp³-hybridized carbons (Fsp3) is 0.333. The van der Waals surface area contributed by atoms with Crippen LogP contribution >= 0.6 is 15.9 Å². The number of nitrogens with zero attached hydrogens (tertiary/aromatic N) is 1. The average Bonchev–Trinajstić information content (AvgIpc) is 2.16. The quantitative estimate of drug-likeness (QED) is 0.449. The number of carboxylic acids is 1. The summed E-state index contributed by atoms with van der Waals surface area (Å²) in [5.74, 6) is -1.72. The molecule has 0 aliphatic carbocycles. The molecule has 1 aromatic heterocycles. The number of sulfone groups is 1. The van der Waals surface area contributed by atoms with E-state index in [-0.39, 0.29) is 34.1 Å². The molecule has 0 saturated heterocycles. The van der Waals surface area contributed by atoms with Crippen molar-refractivity contribution >= 4 is 31.7 Å². The minimum Gasteiger partial charge on any atom is -0.543 e. The van der Waals surface area contributed by atoms with Gasteiger partial charge in [-0.05, 0) is 34.5 Å². The van der Waals surface area contributed by atoms with Crippen LogP contribution in [0, 0.1) is 0 Å². The van der Waals surface area contributed by atoms with Crippen LogP contribution in [0.1, 0.15) is 23.8 Å². The first-order valence-corrected chi connectivity index (χ1v) is 6.93. The minimum absolute atomic E-state index is 0. The number of aromatic carboxylic acids is 1. The number of carboxylic acid groups (broad SMARTS) is 1. The number of rotatable bonds is 4. The standard InChI is InChI=1S/C9H10BrNO4S.Li/c1-2-5-16(14,15)6-3-4-7(10)11-8(6)9(12)13;/h3-4H,2,5H2,1H3,(H,12,13);/q;+1/p-1. The van der Waals surface area contributed by atoms with Gasteiger partial charge in [-0.2, -0.15) is 0 Å². The number of carbonyl (C=O) groups excluding carboxylic acids is 1. The van der Waals surface area contributed by atoms with Crippen molar-refractivity contribution in [1.82, 2.24) is 4.98 Å². The molecule has 0 bridgehead atoms. The molecule has 0 aliphatic rings. The van der Waals surface area contributed by atoms with Gasteiger partial charge in [0.25, 0.3) is 0 Å². The zero-order valence-electron chi connectivity index (χ0n) is 9.44. The molecule has 0 amide bonds. The normalized spacial score (nSPS) is 10.7. The molecule has 1 aromatic rings. The van der Waals surface area contributed by atoms with Gasteiger partial charge < -0.3 is 9.90 Å². The van der Waals surface area contributed by atoms with Gasteiger partial charge in [0.2, 0.25) is 0 Å². The van der Waals surface area contributed by atoms with Crippen LogP contribution in [0.4, 0.5) is 0 Å². The Bertz CT molecular complexity index is 518. The van der Waals surface area contributed by atoms with E-state index in [0.717, 1.165) is 0 Å². The van der Waals surface area contributed by atoms with Crippen LogP contribution in [0.25, 0.3) is 0 Å². The Morgan fingerprint density at radius 2 is 2.06 bits per heavy atom. The molecule has 8 heteroatoms. The maximum Gasteiger partial charge on any atom is 1.00 e. The molecule has 0 aliphatic heterocycles. The van der Waals surface area contributed by atoms with Gasteiger partial charge in [0, 0.05) is 0 Å². The van der Waals surface area contributed by atoms with Crippen molar-refractivity contribution < 1.29 is 37.2 Å². The van der Waals surface area contributed by atoms with Gasteiger partial charge >= 0.3 is 18.9 Å².